The van der Waals surface area contributed by atoms with Crippen molar-refractivity contribution >= 4 is 15.7 Å². The summed E-state index contributed by atoms with van der Waals surface area (Å²) in [5.41, 5.74) is 0.289. The molecule has 0 unspecified atom stereocenters. The standard InChI is InChI=1S/C17H19FN2O5S/c1-12-9-15(21)16(25-2)10-20(12)11-17(22)19-7-8-26(23,24)14-5-3-13(18)4-6-14/h3-6,9-10H,7-8,11H2,1-2H3,(H,19,22). The number of hydrogen-bond acceptors (Lipinski definition) is 5. The molecule has 0 saturated heterocycles. The van der Waals surface area contributed by atoms with Crippen molar-refractivity contribution in [1.29, 1.82) is 0 Å². The van der Waals surface area contributed by atoms with Gasteiger partial charge in [0.1, 0.15) is 12.4 Å². The van der Waals surface area contributed by atoms with E-state index in [-0.39, 0.29) is 34.9 Å². The Hall–Kier alpha value is -2.68. The summed E-state index contributed by atoms with van der Waals surface area (Å²) in [5.74, 6) is -1.13. The molecule has 7 nitrogen and oxygen atoms in total. The molecule has 2 aromatic rings. The summed E-state index contributed by atoms with van der Waals surface area (Å²) in [6, 6.07) is 5.85. The van der Waals surface area contributed by atoms with Gasteiger partial charge in [-0.15, -0.1) is 0 Å². The number of rotatable bonds is 7. The average Bonchev–Trinajstić information content (AvgIpc) is 2.57. The van der Waals surface area contributed by atoms with Crippen LogP contribution in [0, 0.1) is 12.7 Å². The summed E-state index contributed by atoms with van der Waals surface area (Å²) in [7, 11) is -2.26. The SMILES string of the molecule is COc1cn(CC(=O)NCCS(=O)(=O)c2ccc(F)cc2)c(C)cc1=O. The normalized spacial score (nSPS) is 11.2. The van der Waals surface area contributed by atoms with Crippen LogP contribution in [0.5, 0.6) is 5.75 Å². The quantitative estimate of drug-likeness (QED) is 0.718. The molecule has 0 atom stereocenters. The Morgan fingerprint density at radius 3 is 2.54 bits per heavy atom. The van der Waals surface area contributed by atoms with Gasteiger partial charge in [-0.1, -0.05) is 0 Å². The third-order valence-corrected chi connectivity index (χ3v) is 5.44. The number of pyridine rings is 1. The van der Waals surface area contributed by atoms with E-state index in [4.69, 9.17) is 4.74 Å². The number of aryl methyl sites for hydroxylation is 1. The van der Waals surface area contributed by atoms with Gasteiger partial charge in [-0.05, 0) is 31.2 Å². The molecule has 1 amide bonds. The maximum Gasteiger partial charge on any atom is 0.239 e. The zero-order valence-corrected chi connectivity index (χ0v) is 15.2. The van der Waals surface area contributed by atoms with Crippen LogP contribution >= 0.6 is 0 Å². The minimum Gasteiger partial charge on any atom is -0.491 e. The predicted octanol–water partition coefficient (Wildman–Crippen LogP) is 0.895. The number of carbonyl (C=O) groups is 1. The number of hydrogen-bond donors (Lipinski definition) is 1. The molecule has 0 aliphatic carbocycles. The molecule has 0 saturated carbocycles. The van der Waals surface area contributed by atoms with Gasteiger partial charge in [0.25, 0.3) is 0 Å². The molecule has 140 valence electrons. The lowest BCUT2D eigenvalue weighted by Crippen LogP contribution is -2.32. The minimum atomic E-state index is -3.62. The molecule has 0 spiro atoms. The number of sulfone groups is 1. The summed E-state index contributed by atoms with van der Waals surface area (Å²) in [6.07, 6.45) is 1.42. The van der Waals surface area contributed by atoms with Crippen molar-refractivity contribution < 1.29 is 22.3 Å². The Morgan fingerprint density at radius 1 is 1.27 bits per heavy atom. The highest BCUT2D eigenvalue weighted by Crippen LogP contribution is 2.11. The Labute approximate surface area is 150 Å². The summed E-state index contributed by atoms with van der Waals surface area (Å²) in [4.78, 5) is 23.6. The van der Waals surface area contributed by atoms with E-state index in [0.717, 1.165) is 12.1 Å². The number of amides is 1. The lowest BCUT2D eigenvalue weighted by Gasteiger charge is -2.12. The zero-order chi connectivity index (χ0) is 19.3. The second-order valence-electron chi connectivity index (χ2n) is 5.60. The van der Waals surface area contributed by atoms with Crippen molar-refractivity contribution in [2.24, 2.45) is 0 Å². The van der Waals surface area contributed by atoms with Crippen molar-refractivity contribution in [3.63, 3.8) is 0 Å². The topological polar surface area (TPSA) is 94.5 Å². The second kappa shape index (κ2) is 8.13. The number of ether oxygens (including phenoxy) is 1. The maximum atomic E-state index is 12.9. The molecular formula is C17H19FN2O5S. The van der Waals surface area contributed by atoms with Crippen molar-refractivity contribution in [1.82, 2.24) is 9.88 Å². The van der Waals surface area contributed by atoms with Gasteiger partial charge in [0.05, 0.1) is 24.0 Å². The van der Waals surface area contributed by atoms with Gasteiger partial charge in [0.15, 0.2) is 15.6 Å². The Morgan fingerprint density at radius 2 is 1.92 bits per heavy atom. The highest BCUT2D eigenvalue weighted by molar-refractivity contribution is 7.91. The third kappa shape index (κ3) is 4.92. The number of benzene rings is 1. The lowest BCUT2D eigenvalue weighted by molar-refractivity contribution is -0.121. The Kier molecular flexibility index (Phi) is 6.14. The number of nitrogens with one attached hydrogen (secondary N) is 1. The molecule has 1 N–H and O–H groups in total. The van der Waals surface area contributed by atoms with Gasteiger partial charge in [-0.2, -0.15) is 0 Å². The molecule has 0 aliphatic rings. The van der Waals surface area contributed by atoms with Crippen LogP contribution in [0.4, 0.5) is 4.39 Å². The third-order valence-electron chi connectivity index (χ3n) is 3.71. The molecule has 1 aromatic carbocycles. The molecular weight excluding hydrogens is 363 g/mol. The van der Waals surface area contributed by atoms with E-state index in [2.05, 4.69) is 5.32 Å². The second-order valence-corrected chi connectivity index (χ2v) is 7.71. The highest BCUT2D eigenvalue weighted by atomic mass is 32.2. The molecule has 26 heavy (non-hydrogen) atoms. The van der Waals surface area contributed by atoms with Gasteiger partial charge >= 0.3 is 0 Å². The van der Waals surface area contributed by atoms with E-state index in [0.29, 0.717) is 5.69 Å². The molecule has 1 heterocycles. The monoisotopic (exact) mass is 382 g/mol. The largest absolute Gasteiger partial charge is 0.491 e. The molecule has 0 radical (unpaired) electrons. The maximum absolute atomic E-state index is 12.9. The fourth-order valence-corrected chi connectivity index (χ4v) is 3.43. The molecule has 2 rings (SSSR count). The Balaban J connectivity index is 1.95. The summed E-state index contributed by atoms with van der Waals surface area (Å²) < 4.78 is 43.6. The predicted molar refractivity (Wildman–Crippen MR) is 93.5 cm³/mol. The van der Waals surface area contributed by atoms with Crippen LogP contribution in [0.2, 0.25) is 0 Å². The molecule has 1 aromatic heterocycles. The fraction of sp³-hybridized carbons (Fsp3) is 0.294. The van der Waals surface area contributed by atoms with Gasteiger partial charge in [-0.25, -0.2) is 12.8 Å². The zero-order valence-electron chi connectivity index (χ0n) is 14.4. The Bertz CT molecular complexity index is 952. The number of carbonyl (C=O) groups excluding carboxylic acids is 1. The number of halogens is 1. The van der Waals surface area contributed by atoms with Crippen LogP contribution in [0.3, 0.4) is 0 Å². The first kappa shape index (κ1) is 19.6. The van der Waals surface area contributed by atoms with Crippen molar-refractivity contribution in [3.05, 3.63) is 58.3 Å². The van der Waals surface area contributed by atoms with E-state index >= 15 is 0 Å². The average molecular weight is 382 g/mol. The van der Waals surface area contributed by atoms with Crippen molar-refractivity contribution in [2.45, 2.75) is 18.4 Å². The van der Waals surface area contributed by atoms with Crippen LogP contribution in [0.15, 0.2) is 46.2 Å². The van der Waals surface area contributed by atoms with Crippen LogP contribution < -0.4 is 15.5 Å². The molecule has 9 heteroatoms. The number of aromatic nitrogens is 1. The van der Waals surface area contributed by atoms with E-state index in [1.165, 1.54) is 36.1 Å². The first-order chi connectivity index (χ1) is 12.2. The lowest BCUT2D eigenvalue weighted by atomic mass is 10.3. The van der Waals surface area contributed by atoms with Crippen LogP contribution in [-0.4, -0.2) is 38.3 Å². The van der Waals surface area contributed by atoms with Gasteiger partial charge in [-0.3, -0.25) is 9.59 Å². The molecule has 0 aliphatic heterocycles. The van der Waals surface area contributed by atoms with E-state index < -0.39 is 21.6 Å². The smallest absolute Gasteiger partial charge is 0.239 e. The van der Waals surface area contributed by atoms with E-state index in [1.807, 2.05) is 0 Å². The van der Waals surface area contributed by atoms with E-state index in [1.54, 1.807) is 6.92 Å². The van der Waals surface area contributed by atoms with Crippen molar-refractivity contribution in [2.75, 3.05) is 19.4 Å². The highest BCUT2D eigenvalue weighted by Gasteiger charge is 2.15. The van der Waals surface area contributed by atoms with Crippen molar-refractivity contribution in [3.8, 4) is 5.75 Å². The van der Waals surface area contributed by atoms with Gasteiger partial charge < -0.3 is 14.6 Å². The van der Waals surface area contributed by atoms with Gasteiger partial charge in [0.2, 0.25) is 11.3 Å². The van der Waals surface area contributed by atoms with Crippen LogP contribution in [0.1, 0.15) is 5.69 Å². The first-order valence-electron chi connectivity index (χ1n) is 7.73. The van der Waals surface area contributed by atoms with E-state index in [9.17, 15) is 22.4 Å². The van der Waals surface area contributed by atoms with Gasteiger partial charge in [0, 0.05) is 18.3 Å². The van der Waals surface area contributed by atoms with Crippen LogP contribution in [0.25, 0.3) is 0 Å². The molecule has 0 fully saturated rings. The first-order valence-corrected chi connectivity index (χ1v) is 9.38. The number of methoxy groups -OCH3 is 1. The summed E-state index contributed by atoms with van der Waals surface area (Å²) >= 11 is 0. The number of nitrogens with zero attached hydrogens (tertiary/aromatic N) is 1. The summed E-state index contributed by atoms with van der Waals surface area (Å²) in [5, 5.41) is 2.52. The fourth-order valence-electron chi connectivity index (χ4n) is 2.27. The summed E-state index contributed by atoms with van der Waals surface area (Å²) in [6.45, 7) is 1.50. The van der Waals surface area contributed by atoms with Crippen LogP contribution in [-0.2, 0) is 21.2 Å². The molecule has 0 bridgehead atoms. The minimum absolute atomic E-state index is 0.00543.